The van der Waals surface area contributed by atoms with Gasteiger partial charge in [-0.25, -0.2) is 0 Å². The van der Waals surface area contributed by atoms with Gasteiger partial charge in [-0.3, -0.25) is 9.80 Å². The van der Waals surface area contributed by atoms with Crippen molar-refractivity contribution >= 4 is 0 Å². The molecule has 1 heterocycles. The Balaban J connectivity index is 1.49. The van der Waals surface area contributed by atoms with Crippen LogP contribution in [0.1, 0.15) is 38.2 Å². The van der Waals surface area contributed by atoms with Gasteiger partial charge in [-0.1, -0.05) is 31.9 Å². The van der Waals surface area contributed by atoms with Gasteiger partial charge < -0.3 is 4.74 Å². The average molecular weight is 302 g/mol. The van der Waals surface area contributed by atoms with Crippen molar-refractivity contribution in [1.29, 1.82) is 0 Å². The first kappa shape index (κ1) is 15.8. The lowest BCUT2D eigenvalue weighted by molar-refractivity contribution is 0.0659. The Morgan fingerprint density at radius 1 is 1.14 bits per heavy atom. The Bertz CT molecular complexity index is 468. The maximum Gasteiger partial charge on any atom is 0.119 e. The molecule has 3 heteroatoms. The minimum atomic E-state index is 0.850. The molecule has 0 spiro atoms. The molecule has 0 unspecified atom stereocenters. The Kier molecular flexibility index (Phi) is 5.37. The normalized spacial score (nSPS) is 27.7. The van der Waals surface area contributed by atoms with Crippen LogP contribution in [0.15, 0.2) is 24.3 Å². The second kappa shape index (κ2) is 7.47. The second-order valence-electron chi connectivity index (χ2n) is 7.09. The number of hydrogen-bond acceptors (Lipinski definition) is 3. The smallest absolute Gasteiger partial charge is 0.119 e. The van der Waals surface area contributed by atoms with Gasteiger partial charge in [-0.2, -0.15) is 0 Å². The third-order valence-electron chi connectivity index (χ3n) is 5.37. The molecule has 2 fully saturated rings. The quantitative estimate of drug-likeness (QED) is 0.848. The monoisotopic (exact) mass is 302 g/mol. The van der Waals surface area contributed by atoms with Crippen LogP contribution in [0.4, 0.5) is 0 Å². The minimum absolute atomic E-state index is 0.850. The van der Waals surface area contributed by atoms with Gasteiger partial charge in [-0.05, 0) is 36.5 Å². The molecule has 1 saturated heterocycles. The van der Waals surface area contributed by atoms with Gasteiger partial charge in [0.15, 0.2) is 0 Å². The Morgan fingerprint density at radius 3 is 2.68 bits per heavy atom. The molecular weight excluding hydrogens is 272 g/mol. The van der Waals surface area contributed by atoms with E-state index in [0.29, 0.717) is 0 Å². The van der Waals surface area contributed by atoms with Crippen LogP contribution in [0, 0.1) is 5.92 Å². The zero-order chi connectivity index (χ0) is 15.4. The largest absolute Gasteiger partial charge is 0.497 e. The van der Waals surface area contributed by atoms with Crippen molar-refractivity contribution in [3.63, 3.8) is 0 Å². The summed E-state index contributed by atoms with van der Waals surface area (Å²) in [6, 6.07) is 9.33. The lowest BCUT2D eigenvalue weighted by Gasteiger charge is -2.42. The maximum absolute atomic E-state index is 5.32. The van der Waals surface area contributed by atoms with Gasteiger partial charge >= 0.3 is 0 Å². The van der Waals surface area contributed by atoms with Crippen LogP contribution >= 0.6 is 0 Å². The van der Waals surface area contributed by atoms with Crippen molar-refractivity contribution in [3.8, 4) is 5.75 Å². The summed E-state index contributed by atoms with van der Waals surface area (Å²) < 4.78 is 5.32. The van der Waals surface area contributed by atoms with Crippen LogP contribution in [-0.4, -0.2) is 49.1 Å². The number of benzene rings is 1. The van der Waals surface area contributed by atoms with Crippen LogP contribution in [0.25, 0.3) is 0 Å². The highest BCUT2D eigenvalue weighted by Crippen LogP contribution is 2.28. The predicted molar refractivity (Wildman–Crippen MR) is 91.3 cm³/mol. The van der Waals surface area contributed by atoms with E-state index in [1.54, 1.807) is 7.11 Å². The van der Waals surface area contributed by atoms with E-state index < -0.39 is 0 Å². The molecule has 1 aromatic carbocycles. The first-order valence-corrected chi connectivity index (χ1v) is 8.84. The molecule has 1 aromatic rings. The van der Waals surface area contributed by atoms with Crippen LogP contribution in [0.2, 0.25) is 0 Å². The molecule has 3 nitrogen and oxygen atoms in total. The van der Waals surface area contributed by atoms with Gasteiger partial charge in [0.1, 0.15) is 5.75 Å². The van der Waals surface area contributed by atoms with E-state index in [2.05, 4.69) is 34.9 Å². The molecule has 122 valence electrons. The molecule has 22 heavy (non-hydrogen) atoms. The fourth-order valence-corrected chi connectivity index (χ4v) is 4.05. The molecule has 1 aliphatic heterocycles. The van der Waals surface area contributed by atoms with Gasteiger partial charge in [-0.15, -0.1) is 0 Å². The molecule has 0 bridgehead atoms. The molecule has 1 saturated carbocycles. The number of rotatable bonds is 4. The lowest BCUT2D eigenvalue weighted by atomic mass is 9.86. The number of nitrogens with zero attached hydrogens (tertiary/aromatic N) is 2. The summed E-state index contributed by atoms with van der Waals surface area (Å²) in [7, 11) is 1.74. The van der Waals surface area contributed by atoms with Crippen molar-refractivity contribution in [2.45, 2.75) is 45.2 Å². The van der Waals surface area contributed by atoms with Crippen molar-refractivity contribution < 1.29 is 4.74 Å². The number of ether oxygens (including phenoxy) is 1. The maximum atomic E-state index is 5.32. The highest BCUT2D eigenvalue weighted by atomic mass is 16.5. The molecule has 2 atom stereocenters. The standard InChI is InChI=1S/C19H30N2O/c1-16-5-3-7-18(13-16)21-11-9-20(10-12-21)15-17-6-4-8-19(14-17)22-2/h4,6,8,14,16,18H,3,5,7,9-13,15H2,1-2H3/t16-,18+/m1/s1. The number of methoxy groups -OCH3 is 1. The zero-order valence-corrected chi connectivity index (χ0v) is 14.1. The Hall–Kier alpha value is -1.06. The molecule has 0 amide bonds. The van der Waals surface area contributed by atoms with Crippen LogP contribution in [-0.2, 0) is 6.54 Å². The fraction of sp³-hybridized carbons (Fsp3) is 0.684. The van der Waals surface area contributed by atoms with E-state index in [1.165, 1.54) is 57.4 Å². The Morgan fingerprint density at radius 2 is 1.95 bits per heavy atom. The van der Waals surface area contributed by atoms with E-state index in [9.17, 15) is 0 Å². The predicted octanol–water partition coefficient (Wildman–Crippen LogP) is 3.39. The fourth-order valence-electron chi connectivity index (χ4n) is 4.05. The SMILES string of the molecule is COc1cccc(CN2CCN([C@H]3CCC[C@@H](C)C3)CC2)c1. The van der Waals surface area contributed by atoms with Crippen LogP contribution in [0.5, 0.6) is 5.75 Å². The van der Waals surface area contributed by atoms with E-state index in [1.807, 2.05) is 6.07 Å². The third kappa shape index (κ3) is 4.02. The Labute approximate surface area is 135 Å². The van der Waals surface area contributed by atoms with Gasteiger partial charge in [0.05, 0.1) is 7.11 Å². The van der Waals surface area contributed by atoms with Crippen molar-refractivity contribution in [1.82, 2.24) is 9.80 Å². The van der Waals surface area contributed by atoms with E-state index in [0.717, 1.165) is 24.3 Å². The van der Waals surface area contributed by atoms with Crippen molar-refractivity contribution in [2.75, 3.05) is 33.3 Å². The molecular formula is C19H30N2O. The summed E-state index contributed by atoms with van der Waals surface area (Å²) in [4.78, 5) is 5.33. The molecule has 3 rings (SSSR count). The van der Waals surface area contributed by atoms with E-state index in [-0.39, 0.29) is 0 Å². The minimum Gasteiger partial charge on any atom is -0.497 e. The lowest BCUT2D eigenvalue weighted by Crippen LogP contribution is -2.50. The van der Waals surface area contributed by atoms with Crippen LogP contribution < -0.4 is 4.74 Å². The topological polar surface area (TPSA) is 15.7 Å². The summed E-state index contributed by atoms with van der Waals surface area (Å²) in [5.41, 5.74) is 1.36. The molecule has 0 radical (unpaired) electrons. The van der Waals surface area contributed by atoms with Gasteiger partial charge in [0, 0.05) is 38.8 Å². The highest BCUT2D eigenvalue weighted by Gasteiger charge is 2.27. The number of hydrogen-bond donors (Lipinski definition) is 0. The van der Waals surface area contributed by atoms with Crippen LogP contribution in [0.3, 0.4) is 0 Å². The van der Waals surface area contributed by atoms with Crippen molar-refractivity contribution in [3.05, 3.63) is 29.8 Å². The number of piperazine rings is 1. The first-order valence-electron chi connectivity index (χ1n) is 8.84. The third-order valence-corrected chi connectivity index (χ3v) is 5.37. The zero-order valence-electron chi connectivity index (χ0n) is 14.1. The summed E-state index contributed by atoms with van der Waals surface area (Å²) in [6.07, 6.45) is 5.69. The summed E-state index contributed by atoms with van der Waals surface area (Å²) >= 11 is 0. The second-order valence-corrected chi connectivity index (χ2v) is 7.09. The highest BCUT2D eigenvalue weighted by molar-refractivity contribution is 5.28. The van der Waals surface area contributed by atoms with Gasteiger partial charge in [0.25, 0.3) is 0 Å². The summed E-state index contributed by atoms with van der Waals surface area (Å²) in [5, 5.41) is 0. The molecule has 0 aromatic heterocycles. The molecule has 1 aliphatic carbocycles. The molecule has 2 aliphatic rings. The van der Waals surface area contributed by atoms with Crippen molar-refractivity contribution in [2.24, 2.45) is 5.92 Å². The van der Waals surface area contributed by atoms with E-state index in [4.69, 9.17) is 4.74 Å². The van der Waals surface area contributed by atoms with Gasteiger partial charge in [0.2, 0.25) is 0 Å². The first-order chi connectivity index (χ1) is 10.7. The average Bonchev–Trinajstić information content (AvgIpc) is 2.56. The summed E-state index contributed by atoms with van der Waals surface area (Å²) in [6.45, 7) is 8.34. The summed E-state index contributed by atoms with van der Waals surface area (Å²) in [5.74, 6) is 1.89. The molecule has 0 N–H and O–H groups in total. The van der Waals surface area contributed by atoms with E-state index >= 15 is 0 Å².